The standard InChI is InChI=1S/C15H19N3/c1-10-4-5-11(2)13(8-10)14-6-7-16-15-9-12(3)17-18(14)15/h4-5,8-9,14,16H,6-7H2,1-3H3. The largest absolute Gasteiger partial charge is 0.370 e. The van der Waals surface area contributed by atoms with Crippen molar-refractivity contribution in [3.8, 4) is 0 Å². The van der Waals surface area contributed by atoms with Crippen LogP contribution in [0.25, 0.3) is 0 Å². The van der Waals surface area contributed by atoms with Crippen molar-refractivity contribution in [1.29, 1.82) is 0 Å². The summed E-state index contributed by atoms with van der Waals surface area (Å²) in [5, 5.41) is 8.05. The molecule has 3 rings (SSSR count). The zero-order valence-electron chi connectivity index (χ0n) is 11.2. The van der Waals surface area contributed by atoms with Crippen LogP contribution in [0.2, 0.25) is 0 Å². The summed E-state index contributed by atoms with van der Waals surface area (Å²) in [4.78, 5) is 0. The molecule has 0 fully saturated rings. The van der Waals surface area contributed by atoms with Crippen molar-refractivity contribution < 1.29 is 0 Å². The summed E-state index contributed by atoms with van der Waals surface area (Å²) >= 11 is 0. The number of aromatic nitrogens is 2. The number of hydrogen-bond acceptors (Lipinski definition) is 2. The summed E-state index contributed by atoms with van der Waals surface area (Å²) in [6.07, 6.45) is 1.10. The van der Waals surface area contributed by atoms with Crippen molar-refractivity contribution in [2.24, 2.45) is 0 Å². The predicted octanol–water partition coefficient (Wildman–Crippen LogP) is 3.21. The zero-order valence-corrected chi connectivity index (χ0v) is 11.2. The molecule has 0 amide bonds. The molecule has 0 radical (unpaired) electrons. The van der Waals surface area contributed by atoms with Crippen molar-refractivity contribution in [2.45, 2.75) is 33.2 Å². The number of rotatable bonds is 1. The van der Waals surface area contributed by atoms with E-state index >= 15 is 0 Å². The molecule has 0 spiro atoms. The van der Waals surface area contributed by atoms with E-state index in [1.54, 1.807) is 0 Å². The van der Waals surface area contributed by atoms with E-state index in [1.807, 2.05) is 6.92 Å². The first-order valence-electron chi connectivity index (χ1n) is 6.52. The van der Waals surface area contributed by atoms with Crippen LogP contribution in [0.15, 0.2) is 24.3 Å². The van der Waals surface area contributed by atoms with Crippen LogP contribution in [-0.2, 0) is 0 Å². The lowest BCUT2D eigenvalue weighted by molar-refractivity contribution is 0.478. The highest BCUT2D eigenvalue weighted by Gasteiger charge is 2.23. The lowest BCUT2D eigenvalue weighted by Crippen LogP contribution is -2.24. The molecule has 1 aliphatic heterocycles. The van der Waals surface area contributed by atoms with Crippen LogP contribution >= 0.6 is 0 Å². The minimum Gasteiger partial charge on any atom is -0.370 e. The van der Waals surface area contributed by atoms with E-state index in [9.17, 15) is 0 Å². The van der Waals surface area contributed by atoms with E-state index < -0.39 is 0 Å². The van der Waals surface area contributed by atoms with E-state index in [4.69, 9.17) is 0 Å². The van der Waals surface area contributed by atoms with Crippen molar-refractivity contribution in [1.82, 2.24) is 9.78 Å². The average molecular weight is 241 g/mol. The fraction of sp³-hybridized carbons (Fsp3) is 0.400. The molecule has 1 aliphatic rings. The van der Waals surface area contributed by atoms with Gasteiger partial charge in [-0.2, -0.15) is 5.10 Å². The fourth-order valence-electron chi connectivity index (χ4n) is 2.75. The molecule has 1 atom stereocenters. The minimum absolute atomic E-state index is 0.370. The molecule has 94 valence electrons. The summed E-state index contributed by atoms with van der Waals surface area (Å²) in [7, 11) is 0. The van der Waals surface area contributed by atoms with Crippen LogP contribution in [0.1, 0.15) is 34.8 Å². The van der Waals surface area contributed by atoms with Crippen molar-refractivity contribution >= 4 is 5.82 Å². The summed E-state index contributed by atoms with van der Waals surface area (Å²) in [6.45, 7) is 7.41. The van der Waals surface area contributed by atoms with Gasteiger partial charge in [0.25, 0.3) is 0 Å². The Morgan fingerprint density at radius 3 is 2.89 bits per heavy atom. The Morgan fingerprint density at radius 1 is 1.22 bits per heavy atom. The smallest absolute Gasteiger partial charge is 0.125 e. The molecule has 0 aliphatic carbocycles. The van der Waals surface area contributed by atoms with Gasteiger partial charge in [-0.25, -0.2) is 4.68 Å². The molecule has 0 saturated heterocycles. The summed E-state index contributed by atoms with van der Waals surface area (Å²) in [5.74, 6) is 1.14. The summed E-state index contributed by atoms with van der Waals surface area (Å²) in [5.41, 5.74) is 5.15. The third-order valence-corrected chi connectivity index (χ3v) is 3.67. The van der Waals surface area contributed by atoms with E-state index in [-0.39, 0.29) is 0 Å². The van der Waals surface area contributed by atoms with Gasteiger partial charge in [-0.05, 0) is 38.3 Å². The number of nitrogens with one attached hydrogen (secondary N) is 1. The fourth-order valence-corrected chi connectivity index (χ4v) is 2.75. The Balaban J connectivity index is 2.10. The van der Waals surface area contributed by atoms with Gasteiger partial charge in [0.2, 0.25) is 0 Å². The number of fused-ring (bicyclic) bond motifs is 1. The van der Waals surface area contributed by atoms with E-state index in [2.05, 4.69) is 53.2 Å². The van der Waals surface area contributed by atoms with E-state index in [0.717, 1.165) is 24.5 Å². The minimum atomic E-state index is 0.370. The Bertz CT molecular complexity index is 583. The van der Waals surface area contributed by atoms with Crippen molar-refractivity contribution in [2.75, 3.05) is 11.9 Å². The quantitative estimate of drug-likeness (QED) is 0.830. The van der Waals surface area contributed by atoms with Crippen LogP contribution in [0, 0.1) is 20.8 Å². The second-order valence-corrected chi connectivity index (χ2v) is 5.21. The number of aryl methyl sites for hydroxylation is 3. The lowest BCUT2D eigenvalue weighted by Gasteiger charge is -2.27. The first-order chi connectivity index (χ1) is 8.65. The van der Waals surface area contributed by atoms with Gasteiger partial charge in [0.05, 0.1) is 11.7 Å². The monoisotopic (exact) mass is 241 g/mol. The second-order valence-electron chi connectivity index (χ2n) is 5.21. The highest BCUT2D eigenvalue weighted by Crippen LogP contribution is 2.31. The molecule has 1 aromatic carbocycles. The summed E-state index contributed by atoms with van der Waals surface area (Å²) < 4.78 is 2.14. The van der Waals surface area contributed by atoms with Crippen LogP contribution in [0.4, 0.5) is 5.82 Å². The average Bonchev–Trinajstić information content (AvgIpc) is 2.72. The molecule has 3 nitrogen and oxygen atoms in total. The Morgan fingerprint density at radius 2 is 2.06 bits per heavy atom. The van der Waals surface area contributed by atoms with E-state index in [1.165, 1.54) is 16.7 Å². The molecule has 3 heteroatoms. The molecule has 0 bridgehead atoms. The molecule has 18 heavy (non-hydrogen) atoms. The summed E-state index contributed by atoms with van der Waals surface area (Å²) in [6, 6.07) is 9.18. The third kappa shape index (κ3) is 1.80. The van der Waals surface area contributed by atoms with Crippen LogP contribution < -0.4 is 5.32 Å². The maximum Gasteiger partial charge on any atom is 0.125 e. The van der Waals surface area contributed by atoms with Gasteiger partial charge in [-0.3, -0.25) is 0 Å². The van der Waals surface area contributed by atoms with Gasteiger partial charge in [0.1, 0.15) is 5.82 Å². The molecule has 2 heterocycles. The van der Waals surface area contributed by atoms with Crippen molar-refractivity contribution in [3.63, 3.8) is 0 Å². The first-order valence-corrected chi connectivity index (χ1v) is 6.52. The molecule has 1 unspecified atom stereocenters. The predicted molar refractivity (Wildman–Crippen MR) is 74.1 cm³/mol. The molecular formula is C15H19N3. The second kappa shape index (κ2) is 4.16. The molecule has 1 N–H and O–H groups in total. The molecular weight excluding hydrogens is 222 g/mol. The number of nitrogens with zero attached hydrogens (tertiary/aromatic N) is 2. The van der Waals surface area contributed by atoms with Gasteiger partial charge in [0, 0.05) is 12.6 Å². The highest BCUT2D eigenvalue weighted by molar-refractivity contribution is 5.43. The lowest BCUT2D eigenvalue weighted by atomic mass is 9.96. The van der Waals surface area contributed by atoms with Crippen LogP contribution in [-0.4, -0.2) is 16.3 Å². The van der Waals surface area contributed by atoms with Crippen molar-refractivity contribution in [3.05, 3.63) is 46.6 Å². The van der Waals surface area contributed by atoms with Gasteiger partial charge in [-0.15, -0.1) is 0 Å². The highest BCUT2D eigenvalue weighted by atomic mass is 15.4. The van der Waals surface area contributed by atoms with Gasteiger partial charge in [0.15, 0.2) is 0 Å². The number of hydrogen-bond donors (Lipinski definition) is 1. The van der Waals surface area contributed by atoms with Gasteiger partial charge < -0.3 is 5.32 Å². The Labute approximate surface area is 108 Å². The maximum absolute atomic E-state index is 4.63. The molecule has 0 saturated carbocycles. The molecule has 2 aromatic rings. The zero-order chi connectivity index (χ0) is 12.7. The van der Waals surface area contributed by atoms with Gasteiger partial charge >= 0.3 is 0 Å². The first kappa shape index (κ1) is 11.3. The number of benzene rings is 1. The topological polar surface area (TPSA) is 29.9 Å². The number of anilines is 1. The molecule has 1 aromatic heterocycles. The SMILES string of the molecule is Cc1ccc(C)c(C2CCNc3cc(C)nn32)c1. The Hall–Kier alpha value is -1.77. The Kier molecular flexibility index (Phi) is 2.62. The normalized spacial score (nSPS) is 18.3. The van der Waals surface area contributed by atoms with Crippen LogP contribution in [0.3, 0.4) is 0 Å². The third-order valence-electron chi connectivity index (χ3n) is 3.67. The van der Waals surface area contributed by atoms with E-state index in [0.29, 0.717) is 6.04 Å². The van der Waals surface area contributed by atoms with Gasteiger partial charge in [-0.1, -0.05) is 23.8 Å². The maximum atomic E-state index is 4.63. The van der Waals surface area contributed by atoms with Crippen LogP contribution in [0.5, 0.6) is 0 Å².